The van der Waals surface area contributed by atoms with Crippen molar-refractivity contribution < 1.29 is 14.3 Å². The van der Waals surface area contributed by atoms with Gasteiger partial charge in [-0.25, -0.2) is 4.79 Å². The van der Waals surface area contributed by atoms with E-state index in [9.17, 15) is 4.79 Å². The molecular weight excluding hydrogens is 246 g/mol. The van der Waals surface area contributed by atoms with Crippen LogP contribution in [0.2, 0.25) is 0 Å². The lowest BCUT2D eigenvalue weighted by Gasteiger charge is -2.16. The van der Waals surface area contributed by atoms with Crippen LogP contribution in [0.1, 0.15) is 12.0 Å². The van der Waals surface area contributed by atoms with Crippen LogP contribution >= 0.6 is 0 Å². The molecule has 1 atom stereocenters. The van der Waals surface area contributed by atoms with E-state index in [0.717, 1.165) is 12.0 Å². The highest BCUT2D eigenvalue weighted by Gasteiger charge is 2.19. The second kappa shape index (κ2) is 6.40. The number of rotatable bonds is 4. The molecule has 1 saturated heterocycles. The molecule has 0 spiro atoms. The van der Waals surface area contributed by atoms with Gasteiger partial charge in [-0.3, -0.25) is 0 Å². The minimum Gasteiger partial charge on any atom is -0.495 e. The number of urea groups is 1. The van der Waals surface area contributed by atoms with Crippen molar-refractivity contribution in [3.05, 3.63) is 23.8 Å². The van der Waals surface area contributed by atoms with Gasteiger partial charge < -0.3 is 25.8 Å². The van der Waals surface area contributed by atoms with Gasteiger partial charge in [-0.05, 0) is 18.1 Å². The highest BCUT2D eigenvalue weighted by Crippen LogP contribution is 2.28. The number of nitrogens with one attached hydrogen (secondary N) is 2. The first kappa shape index (κ1) is 13.6. The van der Waals surface area contributed by atoms with E-state index in [1.807, 2.05) is 12.1 Å². The molecule has 1 aliphatic rings. The van der Waals surface area contributed by atoms with Crippen molar-refractivity contribution >= 4 is 11.7 Å². The van der Waals surface area contributed by atoms with Crippen LogP contribution in [0.5, 0.6) is 5.75 Å². The fourth-order valence-corrected chi connectivity index (χ4v) is 2.04. The van der Waals surface area contributed by atoms with E-state index < -0.39 is 0 Å². The van der Waals surface area contributed by atoms with Crippen molar-refractivity contribution in [2.45, 2.75) is 19.0 Å². The summed E-state index contributed by atoms with van der Waals surface area (Å²) in [5, 5.41) is 5.66. The number of hydrogen-bond acceptors (Lipinski definition) is 4. The number of nitrogens with two attached hydrogens (primary N) is 1. The van der Waals surface area contributed by atoms with Gasteiger partial charge in [0.05, 0.1) is 25.4 Å². The molecule has 1 fully saturated rings. The number of amides is 2. The van der Waals surface area contributed by atoms with Crippen molar-refractivity contribution in [3.8, 4) is 5.75 Å². The van der Waals surface area contributed by atoms with Gasteiger partial charge in [0.2, 0.25) is 0 Å². The van der Waals surface area contributed by atoms with Gasteiger partial charge in [-0.1, -0.05) is 12.1 Å². The zero-order valence-electron chi connectivity index (χ0n) is 10.9. The highest BCUT2D eigenvalue weighted by molar-refractivity contribution is 5.92. The van der Waals surface area contributed by atoms with Gasteiger partial charge in [0, 0.05) is 13.2 Å². The first-order valence-corrected chi connectivity index (χ1v) is 6.25. The number of para-hydroxylation sites is 1. The van der Waals surface area contributed by atoms with E-state index in [1.165, 1.54) is 0 Å². The monoisotopic (exact) mass is 265 g/mol. The van der Waals surface area contributed by atoms with Crippen LogP contribution in [0, 0.1) is 0 Å². The number of anilines is 1. The Labute approximate surface area is 112 Å². The number of ether oxygens (including phenoxy) is 2. The molecule has 0 saturated carbocycles. The number of carbonyl (C=O) groups excluding carboxylic acids is 1. The third-order valence-corrected chi connectivity index (χ3v) is 3.06. The zero-order valence-corrected chi connectivity index (χ0v) is 10.9. The molecule has 6 nitrogen and oxygen atoms in total. The Kier molecular flexibility index (Phi) is 4.59. The SMILES string of the molecule is COc1cccc(CN)c1NC(=O)NC1CCOC1. The van der Waals surface area contributed by atoms with Gasteiger partial charge >= 0.3 is 6.03 Å². The minimum atomic E-state index is -0.269. The molecule has 0 aliphatic carbocycles. The summed E-state index contributed by atoms with van der Waals surface area (Å²) in [6.07, 6.45) is 0.836. The molecule has 2 rings (SSSR count). The third-order valence-electron chi connectivity index (χ3n) is 3.06. The maximum atomic E-state index is 11.9. The van der Waals surface area contributed by atoms with Crippen LogP contribution in [0.3, 0.4) is 0 Å². The van der Waals surface area contributed by atoms with Gasteiger partial charge in [0.15, 0.2) is 0 Å². The molecule has 0 aromatic heterocycles. The quantitative estimate of drug-likeness (QED) is 0.760. The maximum Gasteiger partial charge on any atom is 0.319 e. The predicted octanol–water partition coefficient (Wildman–Crippen LogP) is 1.06. The second-order valence-electron chi connectivity index (χ2n) is 4.36. The molecule has 1 heterocycles. The fraction of sp³-hybridized carbons (Fsp3) is 0.462. The molecule has 0 radical (unpaired) electrons. The molecule has 1 unspecified atom stereocenters. The lowest BCUT2D eigenvalue weighted by molar-refractivity contribution is 0.189. The first-order chi connectivity index (χ1) is 9.24. The van der Waals surface area contributed by atoms with Crippen molar-refractivity contribution in [2.75, 3.05) is 25.6 Å². The van der Waals surface area contributed by atoms with Crippen molar-refractivity contribution in [2.24, 2.45) is 5.73 Å². The van der Waals surface area contributed by atoms with Gasteiger partial charge in [-0.15, -0.1) is 0 Å². The standard InChI is InChI=1S/C13H19N3O3/c1-18-11-4-2-3-9(7-14)12(11)16-13(17)15-10-5-6-19-8-10/h2-4,10H,5-8,14H2,1H3,(H2,15,16,17). The van der Waals surface area contributed by atoms with Gasteiger partial charge in [0.1, 0.15) is 5.75 Å². The summed E-state index contributed by atoms with van der Waals surface area (Å²) in [6.45, 7) is 1.58. The average Bonchev–Trinajstić information content (AvgIpc) is 2.91. The van der Waals surface area contributed by atoms with Crippen LogP contribution in [0.4, 0.5) is 10.5 Å². The molecule has 4 N–H and O–H groups in total. The van der Waals surface area contributed by atoms with E-state index in [2.05, 4.69) is 10.6 Å². The fourth-order valence-electron chi connectivity index (χ4n) is 2.04. The van der Waals surface area contributed by atoms with Crippen LogP contribution < -0.4 is 21.1 Å². The lowest BCUT2D eigenvalue weighted by Crippen LogP contribution is -2.38. The first-order valence-electron chi connectivity index (χ1n) is 6.25. The van der Waals surface area contributed by atoms with Crippen molar-refractivity contribution in [1.82, 2.24) is 5.32 Å². The minimum absolute atomic E-state index is 0.0658. The summed E-state index contributed by atoms with van der Waals surface area (Å²) >= 11 is 0. The smallest absolute Gasteiger partial charge is 0.319 e. The number of benzene rings is 1. The summed E-state index contributed by atoms with van der Waals surface area (Å²) in [5.74, 6) is 0.598. The normalized spacial score (nSPS) is 18.1. The largest absolute Gasteiger partial charge is 0.495 e. The Hall–Kier alpha value is -1.79. The summed E-state index contributed by atoms with van der Waals surface area (Å²) < 4.78 is 10.4. The number of hydrogen-bond donors (Lipinski definition) is 3. The van der Waals surface area contributed by atoms with Crippen LogP contribution in [0.25, 0.3) is 0 Å². The Balaban J connectivity index is 2.06. The van der Waals surface area contributed by atoms with Crippen LogP contribution in [-0.4, -0.2) is 32.4 Å². The molecule has 2 amide bonds. The molecule has 1 aromatic rings. The van der Waals surface area contributed by atoms with Crippen LogP contribution in [-0.2, 0) is 11.3 Å². The van der Waals surface area contributed by atoms with Crippen molar-refractivity contribution in [1.29, 1.82) is 0 Å². The average molecular weight is 265 g/mol. The molecule has 1 aliphatic heterocycles. The summed E-state index contributed by atoms with van der Waals surface area (Å²) in [4.78, 5) is 11.9. The second-order valence-corrected chi connectivity index (χ2v) is 4.36. The molecule has 6 heteroatoms. The van der Waals surface area contributed by atoms with Crippen LogP contribution in [0.15, 0.2) is 18.2 Å². The molecule has 0 bridgehead atoms. The Bertz CT molecular complexity index is 423. The predicted molar refractivity (Wildman–Crippen MR) is 72.3 cm³/mol. The van der Waals surface area contributed by atoms with E-state index in [-0.39, 0.29) is 12.1 Å². The molecular formula is C13H19N3O3. The van der Waals surface area contributed by atoms with Gasteiger partial charge in [0.25, 0.3) is 0 Å². The molecule has 104 valence electrons. The summed E-state index contributed by atoms with van der Waals surface area (Å²) in [7, 11) is 1.56. The lowest BCUT2D eigenvalue weighted by atomic mass is 10.1. The number of carbonyl (C=O) groups is 1. The Morgan fingerprint density at radius 2 is 2.42 bits per heavy atom. The Morgan fingerprint density at radius 3 is 3.05 bits per heavy atom. The number of methoxy groups -OCH3 is 1. The van der Waals surface area contributed by atoms with Crippen molar-refractivity contribution in [3.63, 3.8) is 0 Å². The maximum absolute atomic E-state index is 11.9. The van der Waals surface area contributed by atoms with E-state index in [0.29, 0.717) is 31.2 Å². The summed E-state index contributed by atoms with van der Waals surface area (Å²) in [6, 6.07) is 5.28. The third kappa shape index (κ3) is 3.36. The Morgan fingerprint density at radius 1 is 1.58 bits per heavy atom. The highest BCUT2D eigenvalue weighted by atomic mass is 16.5. The van der Waals surface area contributed by atoms with E-state index in [4.69, 9.17) is 15.2 Å². The molecule has 19 heavy (non-hydrogen) atoms. The topological polar surface area (TPSA) is 85.6 Å². The van der Waals surface area contributed by atoms with E-state index in [1.54, 1.807) is 13.2 Å². The zero-order chi connectivity index (χ0) is 13.7. The van der Waals surface area contributed by atoms with Gasteiger partial charge in [-0.2, -0.15) is 0 Å². The van der Waals surface area contributed by atoms with E-state index >= 15 is 0 Å². The summed E-state index contributed by atoms with van der Waals surface area (Å²) in [5.41, 5.74) is 7.11. The molecule has 1 aromatic carbocycles.